The second-order valence-corrected chi connectivity index (χ2v) is 7.68. The fraction of sp³-hybridized carbons (Fsp3) is 0.125. The number of aryl methyl sites for hydroxylation is 2. The second-order valence-electron chi connectivity index (χ2n) is 7.29. The van der Waals surface area contributed by atoms with Crippen LogP contribution < -0.4 is 10.2 Å². The van der Waals surface area contributed by atoms with Crippen molar-refractivity contribution in [3.63, 3.8) is 0 Å². The number of thiocarbonyl (C=S) groups is 1. The van der Waals surface area contributed by atoms with Crippen LogP contribution in [-0.2, 0) is 9.59 Å². The molecule has 2 heterocycles. The van der Waals surface area contributed by atoms with E-state index in [1.165, 1.54) is 10.5 Å². The molecule has 0 atom stereocenters. The molecule has 1 N–H and O–H groups in total. The summed E-state index contributed by atoms with van der Waals surface area (Å²) in [7, 11) is 0. The average molecular weight is 416 g/mol. The number of amides is 2. The lowest BCUT2D eigenvalue weighted by Gasteiger charge is -2.28. The number of aromatic nitrogens is 1. The fourth-order valence-electron chi connectivity index (χ4n) is 3.65. The summed E-state index contributed by atoms with van der Waals surface area (Å²) < 4.78 is 2.11. The predicted octanol–water partition coefficient (Wildman–Crippen LogP) is 4.23. The van der Waals surface area contributed by atoms with Crippen molar-refractivity contribution in [2.24, 2.45) is 0 Å². The molecule has 0 aliphatic carbocycles. The van der Waals surface area contributed by atoms with Crippen LogP contribution >= 0.6 is 12.2 Å². The molecule has 0 unspecified atom stereocenters. The van der Waals surface area contributed by atoms with Gasteiger partial charge in [-0.1, -0.05) is 35.9 Å². The summed E-state index contributed by atoms with van der Waals surface area (Å²) in [5, 5.41) is 2.71. The summed E-state index contributed by atoms with van der Waals surface area (Å²) in [6.45, 7) is 6.03. The summed E-state index contributed by atoms with van der Waals surface area (Å²) in [5.74, 6) is -0.924. The van der Waals surface area contributed by atoms with Gasteiger partial charge in [0.2, 0.25) is 0 Å². The van der Waals surface area contributed by atoms with Crippen LogP contribution in [0.25, 0.3) is 11.8 Å². The molecule has 2 aromatic carbocycles. The molecule has 1 aliphatic heterocycles. The molecule has 0 saturated carbocycles. The first kappa shape index (κ1) is 19.8. The van der Waals surface area contributed by atoms with Gasteiger partial charge in [-0.2, -0.15) is 0 Å². The third kappa shape index (κ3) is 3.46. The summed E-state index contributed by atoms with van der Waals surface area (Å²) in [5.41, 5.74) is 5.66. The molecule has 0 spiro atoms. The van der Waals surface area contributed by atoms with Gasteiger partial charge in [0, 0.05) is 17.1 Å². The quantitative estimate of drug-likeness (QED) is 0.396. The molecule has 1 aliphatic rings. The molecule has 0 radical (unpaired) electrons. The molecule has 30 heavy (non-hydrogen) atoms. The highest BCUT2D eigenvalue weighted by Crippen LogP contribution is 2.26. The number of hydrogen-bond acceptors (Lipinski definition) is 3. The van der Waals surface area contributed by atoms with E-state index in [0.717, 1.165) is 22.6 Å². The van der Waals surface area contributed by atoms with E-state index < -0.39 is 11.8 Å². The van der Waals surface area contributed by atoms with Gasteiger partial charge in [0.05, 0.1) is 5.69 Å². The monoisotopic (exact) mass is 415 g/mol. The number of rotatable bonds is 3. The second kappa shape index (κ2) is 7.72. The van der Waals surface area contributed by atoms with Crippen LogP contribution in [0.2, 0.25) is 0 Å². The lowest BCUT2D eigenvalue weighted by molar-refractivity contribution is -0.122. The number of carbonyl (C=O) groups excluding carboxylic acids is 2. The van der Waals surface area contributed by atoms with E-state index in [4.69, 9.17) is 12.2 Å². The number of carbonyl (C=O) groups is 2. The molecule has 150 valence electrons. The van der Waals surface area contributed by atoms with Crippen LogP contribution in [0.4, 0.5) is 5.69 Å². The summed E-state index contributed by atoms with van der Waals surface area (Å²) in [6, 6.07) is 19.3. The standard InChI is InChI=1S/C24H21N3O2S/c1-15-9-11-20(12-10-15)26-16(2)13-18(17(26)3)14-21-22(28)25-24(30)27(23(21)29)19-7-5-4-6-8-19/h4-14H,1-3H3,(H,25,28,30). The minimum atomic E-state index is -0.489. The lowest BCUT2D eigenvalue weighted by Crippen LogP contribution is -2.54. The lowest BCUT2D eigenvalue weighted by atomic mass is 10.1. The highest BCUT2D eigenvalue weighted by molar-refractivity contribution is 7.80. The smallest absolute Gasteiger partial charge is 0.270 e. The number of hydrogen-bond donors (Lipinski definition) is 1. The Bertz CT molecular complexity index is 1190. The summed E-state index contributed by atoms with van der Waals surface area (Å²) >= 11 is 5.25. The molecule has 0 bridgehead atoms. The maximum absolute atomic E-state index is 13.2. The van der Waals surface area contributed by atoms with Gasteiger partial charge in [0.25, 0.3) is 11.8 Å². The van der Waals surface area contributed by atoms with E-state index in [-0.39, 0.29) is 10.7 Å². The Morgan fingerprint density at radius 3 is 2.23 bits per heavy atom. The third-order valence-corrected chi connectivity index (χ3v) is 5.46. The van der Waals surface area contributed by atoms with Crippen molar-refractivity contribution < 1.29 is 9.59 Å². The highest BCUT2D eigenvalue weighted by Gasteiger charge is 2.34. The Balaban J connectivity index is 1.76. The zero-order valence-corrected chi connectivity index (χ0v) is 17.8. The Morgan fingerprint density at radius 1 is 0.900 bits per heavy atom. The van der Waals surface area contributed by atoms with E-state index in [9.17, 15) is 9.59 Å². The van der Waals surface area contributed by atoms with E-state index in [1.54, 1.807) is 18.2 Å². The Kier molecular flexibility index (Phi) is 5.10. The molecule has 1 fully saturated rings. The van der Waals surface area contributed by atoms with Gasteiger partial charge in [-0.05, 0) is 75.0 Å². The first-order valence-corrected chi connectivity index (χ1v) is 10.00. The van der Waals surface area contributed by atoms with Gasteiger partial charge in [0.1, 0.15) is 5.57 Å². The van der Waals surface area contributed by atoms with Gasteiger partial charge >= 0.3 is 0 Å². The van der Waals surface area contributed by atoms with Crippen LogP contribution in [0.1, 0.15) is 22.5 Å². The molecular formula is C24H21N3O2S. The molecular weight excluding hydrogens is 394 g/mol. The number of para-hydroxylation sites is 1. The number of benzene rings is 2. The minimum Gasteiger partial charge on any atom is -0.318 e. The molecule has 5 nitrogen and oxygen atoms in total. The van der Waals surface area contributed by atoms with Crippen LogP contribution in [0.15, 0.2) is 66.2 Å². The van der Waals surface area contributed by atoms with E-state index in [1.807, 2.05) is 45.0 Å². The largest absolute Gasteiger partial charge is 0.318 e. The van der Waals surface area contributed by atoms with Crippen LogP contribution in [-0.4, -0.2) is 21.5 Å². The number of nitrogens with zero attached hydrogens (tertiary/aromatic N) is 2. The van der Waals surface area contributed by atoms with Crippen molar-refractivity contribution >= 4 is 40.9 Å². The Morgan fingerprint density at radius 2 is 1.57 bits per heavy atom. The first-order chi connectivity index (χ1) is 14.4. The van der Waals surface area contributed by atoms with Crippen LogP contribution in [0.3, 0.4) is 0 Å². The number of nitrogens with one attached hydrogen (secondary N) is 1. The zero-order chi connectivity index (χ0) is 21.4. The molecule has 3 aromatic rings. The fourth-order valence-corrected chi connectivity index (χ4v) is 3.93. The van der Waals surface area contributed by atoms with Gasteiger partial charge < -0.3 is 4.57 Å². The molecule has 1 saturated heterocycles. The first-order valence-electron chi connectivity index (χ1n) is 9.59. The average Bonchev–Trinajstić information content (AvgIpc) is 3.00. The topological polar surface area (TPSA) is 54.3 Å². The summed E-state index contributed by atoms with van der Waals surface area (Å²) in [6.07, 6.45) is 1.64. The Hall–Kier alpha value is -3.51. The maximum atomic E-state index is 13.2. The normalized spacial score (nSPS) is 15.6. The summed E-state index contributed by atoms with van der Waals surface area (Å²) in [4.78, 5) is 27.1. The van der Waals surface area contributed by atoms with E-state index >= 15 is 0 Å². The molecule has 2 amide bonds. The molecule has 4 rings (SSSR count). The number of anilines is 1. The highest BCUT2D eigenvalue weighted by atomic mass is 32.1. The maximum Gasteiger partial charge on any atom is 0.270 e. The van der Waals surface area contributed by atoms with Gasteiger partial charge in [0.15, 0.2) is 5.11 Å². The SMILES string of the molecule is Cc1ccc(-n2c(C)cc(C=C3C(=O)NC(=S)N(c4ccccc4)C3=O)c2C)cc1. The van der Waals surface area contributed by atoms with Crippen LogP contribution in [0.5, 0.6) is 0 Å². The molecule has 1 aromatic heterocycles. The van der Waals surface area contributed by atoms with Crippen molar-refractivity contribution in [2.45, 2.75) is 20.8 Å². The van der Waals surface area contributed by atoms with Crippen molar-refractivity contribution in [1.82, 2.24) is 9.88 Å². The van der Waals surface area contributed by atoms with Gasteiger partial charge in [-0.15, -0.1) is 0 Å². The molecule has 6 heteroatoms. The predicted molar refractivity (Wildman–Crippen MR) is 123 cm³/mol. The van der Waals surface area contributed by atoms with Crippen molar-refractivity contribution in [3.05, 3.63) is 88.8 Å². The van der Waals surface area contributed by atoms with Crippen molar-refractivity contribution in [2.75, 3.05) is 4.90 Å². The third-order valence-electron chi connectivity index (χ3n) is 5.18. The van der Waals surface area contributed by atoms with Crippen molar-refractivity contribution in [3.8, 4) is 5.69 Å². The van der Waals surface area contributed by atoms with E-state index in [2.05, 4.69) is 34.1 Å². The Labute approximate surface area is 180 Å². The van der Waals surface area contributed by atoms with Gasteiger partial charge in [-0.25, -0.2) is 0 Å². The van der Waals surface area contributed by atoms with E-state index in [0.29, 0.717) is 5.69 Å². The van der Waals surface area contributed by atoms with Crippen LogP contribution in [0, 0.1) is 20.8 Å². The zero-order valence-electron chi connectivity index (χ0n) is 17.0. The van der Waals surface area contributed by atoms with Crippen molar-refractivity contribution in [1.29, 1.82) is 0 Å². The minimum absolute atomic E-state index is 0.0524. The van der Waals surface area contributed by atoms with Gasteiger partial charge in [-0.3, -0.25) is 19.8 Å².